The van der Waals surface area contributed by atoms with Crippen LogP contribution in [0.2, 0.25) is 0 Å². The van der Waals surface area contributed by atoms with Crippen molar-refractivity contribution in [2.75, 3.05) is 13.2 Å². The maximum atomic E-state index is 6.28. The average Bonchev–Trinajstić information content (AvgIpc) is 4.14. The molecule has 2 aliphatic rings. The third-order valence-electron chi connectivity index (χ3n) is 11.1. The van der Waals surface area contributed by atoms with E-state index in [4.69, 9.17) is 19.4 Å². The second-order valence-corrected chi connectivity index (χ2v) is 17.2. The standard InChI is InChI=1S/C52H50N4O2S2/c1-3-5-7-15-29-57-37-31-47(59-33-37)51-43-25-21-39(53-43)49(35-17-11-9-12-18-35)41-23-27-45(55-41)52(48-32-38(34-60-48)58-30-16-8-6-4-2)46-28-24-42(56-46)50(36-19-13-10-14-20-36)40-22-26-44(51)54-40/h9-14,17-28,31-34,53,56H,3-8,15-16,29-30H2,1-2H3. The summed E-state index contributed by atoms with van der Waals surface area (Å²) in [5.41, 5.74) is 13.8. The van der Waals surface area contributed by atoms with Crippen LogP contribution in [-0.4, -0.2) is 33.1 Å². The van der Waals surface area contributed by atoms with E-state index < -0.39 is 0 Å². The van der Waals surface area contributed by atoms with E-state index in [0.717, 1.165) is 112 Å². The molecule has 8 bridgehead atoms. The summed E-state index contributed by atoms with van der Waals surface area (Å²) in [4.78, 5) is 20.8. The lowest BCUT2D eigenvalue weighted by molar-refractivity contribution is 0.306. The quantitative estimate of drug-likeness (QED) is 0.0952. The molecule has 0 saturated carbocycles. The van der Waals surface area contributed by atoms with Gasteiger partial charge in [0, 0.05) is 64.8 Å². The molecule has 0 amide bonds. The average molecular weight is 827 g/mol. The Balaban J connectivity index is 1.29. The Morgan fingerprint density at radius 2 is 0.833 bits per heavy atom. The van der Waals surface area contributed by atoms with Gasteiger partial charge in [-0.05, 0) is 84.7 Å². The topological polar surface area (TPSA) is 75.8 Å². The molecule has 60 heavy (non-hydrogen) atoms. The first kappa shape index (κ1) is 39.5. The van der Waals surface area contributed by atoms with Gasteiger partial charge in [-0.15, -0.1) is 22.7 Å². The summed E-state index contributed by atoms with van der Waals surface area (Å²) in [5, 5.41) is 4.25. The van der Waals surface area contributed by atoms with E-state index in [1.54, 1.807) is 22.7 Å². The number of nitrogens with one attached hydrogen (secondary N) is 2. The molecule has 6 nitrogen and oxygen atoms in total. The number of nitrogens with zero attached hydrogens (tertiary/aromatic N) is 2. The number of hydrogen-bond donors (Lipinski definition) is 2. The number of benzene rings is 2. The predicted octanol–water partition coefficient (Wildman–Crippen LogP) is 15.4. The first-order valence-corrected chi connectivity index (χ1v) is 23.1. The fourth-order valence-electron chi connectivity index (χ4n) is 8.03. The molecule has 2 aromatic carbocycles. The van der Waals surface area contributed by atoms with E-state index in [1.807, 2.05) is 0 Å². The van der Waals surface area contributed by atoms with E-state index in [9.17, 15) is 0 Å². The normalized spacial score (nSPS) is 12.0. The van der Waals surface area contributed by atoms with Crippen LogP contribution in [-0.2, 0) is 0 Å². The second-order valence-electron chi connectivity index (χ2n) is 15.3. The fourth-order valence-corrected chi connectivity index (χ4v) is 9.82. The van der Waals surface area contributed by atoms with Gasteiger partial charge in [-0.25, -0.2) is 9.97 Å². The molecule has 0 saturated heterocycles. The van der Waals surface area contributed by atoms with Crippen LogP contribution in [0, 0.1) is 0 Å². The van der Waals surface area contributed by atoms with Crippen LogP contribution in [0.4, 0.5) is 0 Å². The molecule has 8 heteroatoms. The first-order chi connectivity index (χ1) is 29.7. The second kappa shape index (κ2) is 18.5. The lowest BCUT2D eigenvalue weighted by atomic mass is 10.0. The Hall–Kier alpha value is -5.96. The van der Waals surface area contributed by atoms with Crippen molar-refractivity contribution in [3.05, 3.63) is 131 Å². The van der Waals surface area contributed by atoms with Crippen molar-refractivity contribution in [1.82, 2.24) is 19.9 Å². The monoisotopic (exact) mass is 826 g/mol. The molecule has 0 spiro atoms. The van der Waals surface area contributed by atoms with Gasteiger partial charge in [-0.3, -0.25) is 0 Å². The van der Waals surface area contributed by atoms with Crippen molar-refractivity contribution in [2.45, 2.75) is 65.2 Å². The number of rotatable bonds is 16. The van der Waals surface area contributed by atoms with Gasteiger partial charge in [0.15, 0.2) is 0 Å². The Bertz CT molecular complexity index is 2610. The number of ether oxygens (including phenoxy) is 2. The molecule has 7 aromatic rings. The first-order valence-electron chi connectivity index (χ1n) is 21.4. The van der Waals surface area contributed by atoms with Crippen molar-refractivity contribution in [1.29, 1.82) is 0 Å². The summed E-state index contributed by atoms with van der Waals surface area (Å²) in [7, 11) is 0. The van der Waals surface area contributed by atoms with Gasteiger partial charge in [0.05, 0.1) is 36.0 Å². The molecular weight excluding hydrogens is 777 g/mol. The zero-order valence-corrected chi connectivity index (χ0v) is 35.9. The zero-order chi connectivity index (χ0) is 40.7. The number of H-pyrrole nitrogens is 2. The summed E-state index contributed by atoms with van der Waals surface area (Å²) in [6.07, 6.45) is 18.0. The highest BCUT2D eigenvalue weighted by Gasteiger charge is 2.20. The van der Waals surface area contributed by atoms with Crippen LogP contribution in [0.5, 0.6) is 11.5 Å². The van der Waals surface area contributed by atoms with E-state index >= 15 is 0 Å². The third-order valence-corrected chi connectivity index (χ3v) is 12.9. The maximum absolute atomic E-state index is 6.28. The minimum atomic E-state index is 0.716. The highest BCUT2D eigenvalue weighted by molar-refractivity contribution is 7.14. The highest BCUT2D eigenvalue weighted by Crippen LogP contribution is 2.42. The molecule has 5 aromatic heterocycles. The van der Waals surface area contributed by atoms with E-state index in [-0.39, 0.29) is 0 Å². The van der Waals surface area contributed by atoms with Crippen molar-refractivity contribution in [3.63, 3.8) is 0 Å². The van der Waals surface area contributed by atoms with Gasteiger partial charge in [-0.2, -0.15) is 0 Å². The van der Waals surface area contributed by atoms with Gasteiger partial charge in [-0.1, -0.05) is 113 Å². The molecule has 0 radical (unpaired) electrons. The minimum Gasteiger partial charge on any atom is -0.493 e. The zero-order valence-electron chi connectivity index (χ0n) is 34.3. The third kappa shape index (κ3) is 8.53. The molecule has 0 atom stereocenters. The van der Waals surface area contributed by atoms with Crippen LogP contribution in [0.1, 0.15) is 88.0 Å². The minimum absolute atomic E-state index is 0.716. The maximum Gasteiger partial charge on any atom is 0.130 e. The summed E-state index contributed by atoms with van der Waals surface area (Å²) in [6.45, 7) is 5.90. The van der Waals surface area contributed by atoms with Gasteiger partial charge >= 0.3 is 0 Å². The highest BCUT2D eigenvalue weighted by atomic mass is 32.1. The Morgan fingerprint density at radius 1 is 0.450 bits per heavy atom. The SMILES string of the molecule is CCCCCCOc1csc(-c2c3nc(c(-c4ccccc4)c4ccc([nH]4)c(-c4cc(OCCCCCC)cs4)c4nc(c(-c5ccccc5)c5ccc2[nH]5)C=C4)C=C3)c1. The van der Waals surface area contributed by atoms with Crippen molar-refractivity contribution in [2.24, 2.45) is 0 Å². The lowest BCUT2D eigenvalue weighted by Crippen LogP contribution is -1.95. The summed E-state index contributed by atoms with van der Waals surface area (Å²) in [6, 6.07) is 34.2. The van der Waals surface area contributed by atoms with Crippen LogP contribution in [0.25, 0.3) is 89.5 Å². The molecule has 9 rings (SSSR count). The molecule has 0 fully saturated rings. The smallest absolute Gasteiger partial charge is 0.130 e. The number of hydrogen-bond acceptors (Lipinski definition) is 6. The van der Waals surface area contributed by atoms with Gasteiger partial charge in [0.2, 0.25) is 0 Å². The Kier molecular flexibility index (Phi) is 12.2. The summed E-state index contributed by atoms with van der Waals surface area (Å²) < 4.78 is 12.6. The van der Waals surface area contributed by atoms with Crippen LogP contribution in [0.3, 0.4) is 0 Å². The molecule has 7 heterocycles. The van der Waals surface area contributed by atoms with Crippen molar-refractivity contribution in [3.8, 4) is 54.6 Å². The number of aromatic amines is 2. The van der Waals surface area contributed by atoms with Gasteiger partial charge in [0.25, 0.3) is 0 Å². The molecule has 0 unspecified atom stereocenters. The molecular formula is C52H50N4O2S2. The Labute approximate surface area is 360 Å². The number of unbranched alkanes of at least 4 members (excludes halogenated alkanes) is 6. The largest absolute Gasteiger partial charge is 0.493 e. The van der Waals surface area contributed by atoms with Crippen molar-refractivity contribution >= 4 is 69.0 Å². The van der Waals surface area contributed by atoms with Gasteiger partial charge < -0.3 is 19.4 Å². The fraction of sp³-hybridized carbons (Fsp3) is 0.231. The lowest BCUT2D eigenvalue weighted by Gasteiger charge is -2.06. The molecule has 2 aliphatic heterocycles. The van der Waals surface area contributed by atoms with E-state index in [0.29, 0.717) is 13.2 Å². The molecule has 302 valence electrons. The molecule has 2 N–H and O–H groups in total. The summed E-state index contributed by atoms with van der Waals surface area (Å²) in [5.74, 6) is 1.79. The van der Waals surface area contributed by atoms with Crippen LogP contribution in [0.15, 0.2) is 108 Å². The summed E-state index contributed by atoms with van der Waals surface area (Å²) >= 11 is 3.38. The number of thiophene rings is 2. The van der Waals surface area contributed by atoms with Crippen LogP contribution < -0.4 is 9.47 Å². The molecule has 0 aliphatic carbocycles. The van der Waals surface area contributed by atoms with E-state index in [1.165, 1.54) is 38.5 Å². The van der Waals surface area contributed by atoms with E-state index in [2.05, 4.69) is 156 Å². The Morgan fingerprint density at radius 3 is 1.23 bits per heavy atom. The number of aromatic nitrogens is 4. The van der Waals surface area contributed by atoms with Gasteiger partial charge in [0.1, 0.15) is 11.5 Å². The van der Waals surface area contributed by atoms with Crippen molar-refractivity contribution < 1.29 is 9.47 Å². The number of fused-ring (bicyclic) bond motifs is 8. The van der Waals surface area contributed by atoms with Crippen LogP contribution >= 0.6 is 22.7 Å². The predicted molar refractivity (Wildman–Crippen MR) is 256 cm³/mol.